The van der Waals surface area contributed by atoms with Gasteiger partial charge in [-0.3, -0.25) is 14.9 Å². The molecule has 0 aliphatic rings. The third kappa shape index (κ3) is 6.51. The van der Waals surface area contributed by atoms with Gasteiger partial charge in [-0.05, 0) is 42.5 Å². The maximum Gasteiger partial charge on any atom is 0.271 e. The van der Waals surface area contributed by atoms with Crippen molar-refractivity contribution in [3.8, 4) is 11.5 Å². The first-order valence-corrected chi connectivity index (χ1v) is 11.5. The molecule has 0 saturated heterocycles. The van der Waals surface area contributed by atoms with Crippen LogP contribution in [0.1, 0.15) is 0 Å². The largest absolute Gasteiger partial charge is 0.457 e. The van der Waals surface area contributed by atoms with Gasteiger partial charge in [0.1, 0.15) is 11.5 Å². The van der Waals surface area contributed by atoms with E-state index in [1.165, 1.54) is 41.3 Å². The number of carbonyl (C=O) groups is 1. The van der Waals surface area contributed by atoms with Crippen LogP contribution in [0.2, 0.25) is 0 Å². The second-order valence-electron chi connectivity index (χ2n) is 6.58. The van der Waals surface area contributed by atoms with E-state index in [0.29, 0.717) is 15.2 Å². The molecule has 166 valence electrons. The lowest BCUT2D eigenvalue weighted by molar-refractivity contribution is -0.384. The number of aromatic nitrogens is 2. The Hall–Kier alpha value is -3.96. The van der Waals surface area contributed by atoms with Gasteiger partial charge in [0.05, 0.1) is 10.7 Å². The zero-order chi connectivity index (χ0) is 23.0. The third-order valence-corrected chi connectivity index (χ3v) is 6.13. The first kappa shape index (κ1) is 22.2. The molecule has 0 unspecified atom stereocenters. The van der Waals surface area contributed by atoms with Crippen LogP contribution in [-0.4, -0.2) is 26.8 Å². The molecule has 0 aliphatic heterocycles. The van der Waals surface area contributed by atoms with E-state index in [1.807, 2.05) is 54.6 Å². The molecule has 4 aromatic rings. The summed E-state index contributed by atoms with van der Waals surface area (Å²) in [5, 5.41) is 25.4. The number of rotatable bonds is 9. The number of para-hydroxylation sites is 1. The van der Waals surface area contributed by atoms with E-state index in [1.54, 1.807) is 6.07 Å². The van der Waals surface area contributed by atoms with Crippen molar-refractivity contribution in [1.82, 2.24) is 10.2 Å². The molecule has 9 nitrogen and oxygen atoms in total. The highest BCUT2D eigenvalue weighted by molar-refractivity contribution is 8.01. The number of benzene rings is 3. The third-order valence-electron chi connectivity index (χ3n) is 4.16. The van der Waals surface area contributed by atoms with Crippen LogP contribution in [0.5, 0.6) is 11.5 Å². The number of hydrogen-bond acceptors (Lipinski definition) is 9. The van der Waals surface area contributed by atoms with Crippen molar-refractivity contribution in [1.29, 1.82) is 0 Å². The lowest BCUT2D eigenvalue weighted by Gasteiger charge is -2.06. The molecule has 0 spiro atoms. The maximum atomic E-state index is 12.2. The van der Waals surface area contributed by atoms with Crippen molar-refractivity contribution >= 4 is 51.2 Å². The van der Waals surface area contributed by atoms with Crippen molar-refractivity contribution in [2.75, 3.05) is 16.4 Å². The molecule has 1 heterocycles. The van der Waals surface area contributed by atoms with Crippen LogP contribution >= 0.6 is 23.1 Å². The molecule has 0 radical (unpaired) electrons. The zero-order valence-electron chi connectivity index (χ0n) is 17.0. The molecule has 33 heavy (non-hydrogen) atoms. The molecule has 0 aliphatic carbocycles. The van der Waals surface area contributed by atoms with Crippen molar-refractivity contribution in [2.24, 2.45) is 0 Å². The number of nitrogens with zero attached hydrogens (tertiary/aromatic N) is 3. The quantitative estimate of drug-likeness (QED) is 0.178. The number of ether oxygens (including phenoxy) is 1. The Labute approximate surface area is 197 Å². The van der Waals surface area contributed by atoms with E-state index in [9.17, 15) is 14.9 Å². The smallest absolute Gasteiger partial charge is 0.271 e. The summed E-state index contributed by atoms with van der Waals surface area (Å²) in [6, 6.07) is 22.8. The van der Waals surface area contributed by atoms with Gasteiger partial charge < -0.3 is 15.4 Å². The highest BCUT2D eigenvalue weighted by atomic mass is 32.2. The van der Waals surface area contributed by atoms with Crippen LogP contribution in [0.3, 0.4) is 0 Å². The number of nitro benzene ring substituents is 1. The SMILES string of the molecule is O=C(CSc1nnc(Nc2ccc(Oc3ccccc3)cc2)s1)Nc1cccc([N+](=O)[O-])c1. The maximum absolute atomic E-state index is 12.2. The van der Waals surface area contributed by atoms with Crippen LogP contribution < -0.4 is 15.4 Å². The first-order chi connectivity index (χ1) is 16.0. The molecule has 11 heteroatoms. The predicted octanol–water partition coefficient (Wildman–Crippen LogP) is 5.71. The van der Waals surface area contributed by atoms with Gasteiger partial charge in [-0.15, -0.1) is 10.2 Å². The Kier molecular flexibility index (Phi) is 7.12. The van der Waals surface area contributed by atoms with Gasteiger partial charge in [-0.25, -0.2) is 0 Å². The summed E-state index contributed by atoms with van der Waals surface area (Å²) >= 11 is 2.55. The molecule has 3 aromatic carbocycles. The molecule has 0 saturated carbocycles. The van der Waals surface area contributed by atoms with E-state index < -0.39 is 4.92 Å². The van der Waals surface area contributed by atoms with Crippen LogP contribution in [-0.2, 0) is 4.79 Å². The standard InChI is InChI=1S/C22H17N5O4S2/c28-20(23-16-5-4-6-17(13-16)27(29)30)14-32-22-26-25-21(33-22)24-15-9-11-19(12-10-15)31-18-7-2-1-3-8-18/h1-13H,14H2,(H,23,28)(H,24,25). The molecular weight excluding hydrogens is 462 g/mol. The van der Waals surface area contributed by atoms with Crippen molar-refractivity contribution in [2.45, 2.75) is 4.34 Å². The molecule has 0 atom stereocenters. The zero-order valence-corrected chi connectivity index (χ0v) is 18.6. The summed E-state index contributed by atoms with van der Waals surface area (Å²) in [4.78, 5) is 22.5. The number of hydrogen-bond donors (Lipinski definition) is 2. The lowest BCUT2D eigenvalue weighted by atomic mass is 10.3. The summed E-state index contributed by atoms with van der Waals surface area (Å²) in [5.74, 6) is 1.29. The monoisotopic (exact) mass is 479 g/mol. The minimum atomic E-state index is -0.510. The number of nitro groups is 1. The molecule has 1 aromatic heterocycles. The van der Waals surface area contributed by atoms with Gasteiger partial charge in [0.25, 0.3) is 5.69 Å². The predicted molar refractivity (Wildman–Crippen MR) is 129 cm³/mol. The Bertz CT molecular complexity index is 1250. The van der Waals surface area contributed by atoms with E-state index >= 15 is 0 Å². The molecule has 2 N–H and O–H groups in total. The van der Waals surface area contributed by atoms with E-state index in [-0.39, 0.29) is 17.3 Å². The summed E-state index contributed by atoms with van der Waals surface area (Å²) in [6.45, 7) is 0. The minimum absolute atomic E-state index is 0.0834. The van der Waals surface area contributed by atoms with Gasteiger partial charge in [-0.1, -0.05) is 47.4 Å². The van der Waals surface area contributed by atoms with Gasteiger partial charge >= 0.3 is 0 Å². The van der Waals surface area contributed by atoms with Crippen molar-refractivity contribution < 1.29 is 14.5 Å². The van der Waals surface area contributed by atoms with Crippen LogP contribution in [0.25, 0.3) is 0 Å². The highest BCUT2D eigenvalue weighted by Gasteiger charge is 2.11. The molecule has 1 amide bonds. The summed E-state index contributed by atoms with van der Waals surface area (Å²) in [5.41, 5.74) is 1.11. The number of carbonyl (C=O) groups excluding carboxylic acids is 1. The topological polar surface area (TPSA) is 119 Å². The second kappa shape index (κ2) is 10.6. The summed E-state index contributed by atoms with van der Waals surface area (Å²) in [7, 11) is 0. The average Bonchev–Trinajstić information content (AvgIpc) is 3.27. The Morgan fingerprint density at radius 1 is 0.970 bits per heavy atom. The normalized spacial score (nSPS) is 10.4. The Balaban J connectivity index is 1.27. The fraction of sp³-hybridized carbons (Fsp3) is 0.0455. The van der Waals surface area contributed by atoms with E-state index in [2.05, 4.69) is 20.8 Å². The van der Waals surface area contributed by atoms with Crippen LogP contribution in [0, 0.1) is 10.1 Å². The van der Waals surface area contributed by atoms with Crippen LogP contribution in [0.15, 0.2) is 83.2 Å². The van der Waals surface area contributed by atoms with E-state index in [0.717, 1.165) is 17.2 Å². The summed E-state index contributed by atoms with van der Waals surface area (Å²) in [6.07, 6.45) is 0. The first-order valence-electron chi connectivity index (χ1n) is 9.66. The van der Waals surface area contributed by atoms with Crippen molar-refractivity contribution in [3.63, 3.8) is 0 Å². The molecule has 0 fully saturated rings. The number of thioether (sulfide) groups is 1. The minimum Gasteiger partial charge on any atom is -0.457 e. The Morgan fingerprint density at radius 3 is 2.48 bits per heavy atom. The number of nitrogens with one attached hydrogen (secondary N) is 2. The summed E-state index contributed by atoms with van der Waals surface area (Å²) < 4.78 is 6.40. The average molecular weight is 480 g/mol. The number of anilines is 3. The second-order valence-corrected chi connectivity index (χ2v) is 8.78. The van der Waals surface area contributed by atoms with Gasteiger partial charge in [0.2, 0.25) is 11.0 Å². The fourth-order valence-corrected chi connectivity index (χ4v) is 4.27. The Morgan fingerprint density at radius 2 is 1.73 bits per heavy atom. The lowest BCUT2D eigenvalue weighted by Crippen LogP contribution is -2.14. The van der Waals surface area contributed by atoms with Gasteiger partial charge in [0, 0.05) is 23.5 Å². The molecular formula is C22H17N5O4S2. The van der Waals surface area contributed by atoms with Gasteiger partial charge in [0.15, 0.2) is 4.34 Å². The fourth-order valence-electron chi connectivity index (χ4n) is 2.69. The number of amides is 1. The highest BCUT2D eigenvalue weighted by Crippen LogP contribution is 2.29. The van der Waals surface area contributed by atoms with Gasteiger partial charge in [-0.2, -0.15) is 0 Å². The molecule has 0 bridgehead atoms. The van der Waals surface area contributed by atoms with E-state index in [4.69, 9.17) is 4.74 Å². The van der Waals surface area contributed by atoms with Crippen LogP contribution in [0.4, 0.5) is 22.2 Å². The number of non-ortho nitro benzene ring substituents is 1. The van der Waals surface area contributed by atoms with Crippen molar-refractivity contribution in [3.05, 3.63) is 89.0 Å². The molecule has 4 rings (SSSR count).